The molecule has 2 aromatic carbocycles. The zero-order chi connectivity index (χ0) is 25.8. The Morgan fingerprint density at radius 1 is 0.944 bits per heavy atom. The maximum Gasteiger partial charge on any atom is 0.341 e. The average Bonchev–Trinajstić information content (AvgIpc) is 3.41. The molecule has 36 heavy (non-hydrogen) atoms. The summed E-state index contributed by atoms with van der Waals surface area (Å²) in [6.45, 7) is 3.71. The number of nitro groups is 1. The number of anilines is 2. The predicted octanol–water partition coefficient (Wildman–Crippen LogP) is 3.04. The Bertz CT molecular complexity index is 1190. The van der Waals surface area contributed by atoms with E-state index in [-0.39, 0.29) is 17.0 Å². The maximum absolute atomic E-state index is 14.5. The molecular formula is C25H27FN4O6. The van der Waals surface area contributed by atoms with E-state index in [0.29, 0.717) is 43.1 Å². The Morgan fingerprint density at radius 3 is 2.19 bits per heavy atom. The molecule has 190 valence electrons. The van der Waals surface area contributed by atoms with E-state index in [9.17, 15) is 28.9 Å². The van der Waals surface area contributed by atoms with E-state index < -0.39 is 29.2 Å². The summed E-state index contributed by atoms with van der Waals surface area (Å²) in [6.07, 6.45) is 1.92. The number of piperazine rings is 1. The number of esters is 1. The van der Waals surface area contributed by atoms with Gasteiger partial charge in [0, 0.05) is 57.0 Å². The average molecular weight is 499 g/mol. The van der Waals surface area contributed by atoms with Crippen LogP contribution in [0, 0.1) is 15.9 Å². The van der Waals surface area contributed by atoms with Crippen molar-refractivity contribution in [3.05, 3.63) is 63.5 Å². The first-order valence-corrected chi connectivity index (χ1v) is 11.8. The summed E-state index contributed by atoms with van der Waals surface area (Å²) in [6, 6.07) is 8.42. The van der Waals surface area contributed by atoms with Gasteiger partial charge in [-0.2, -0.15) is 0 Å². The van der Waals surface area contributed by atoms with E-state index in [1.54, 1.807) is 23.1 Å². The third-order valence-electron chi connectivity index (χ3n) is 6.51. The van der Waals surface area contributed by atoms with Gasteiger partial charge in [-0.25, -0.2) is 9.18 Å². The summed E-state index contributed by atoms with van der Waals surface area (Å²) in [5.41, 5.74) is 1.05. The fourth-order valence-electron chi connectivity index (χ4n) is 4.51. The fraction of sp³-hybridized carbons (Fsp3) is 0.400. The quantitative estimate of drug-likeness (QED) is 0.248. The Kier molecular flexibility index (Phi) is 7.47. The number of rotatable bonds is 7. The van der Waals surface area contributed by atoms with E-state index in [0.717, 1.165) is 25.9 Å². The van der Waals surface area contributed by atoms with Crippen LogP contribution in [0.3, 0.4) is 0 Å². The van der Waals surface area contributed by atoms with E-state index in [1.807, 2.05) is 4.90 Å². The number of carbonyl (C=O) groups is 3. The molecule has 0 atom stereocenters. The molecule has 0 bridgehead atoms. The Balaban J connectivity index is 1.36. The molecule has 2 fully saturated rings. The highest BCUT2D eigenvalue weighted by Gasteiger charge is 2.27. The minimum atomic E-state index is -0.791. The zero-order valence-corrected chi connectivity index (χ0v) is 19.9. The summed E-state index contributed by atoms with van der Waals surface area (Å²) in [5.74, 6) is -1.91. The number of non-ortho nitro benzene ring substituents is 1. The van der Waals surface area contributed by atoms with Crippen LogP contribution in [0.2, 0.25) is 0 Å². The van der Waals surface area contributed by atoms with Crippen LogP contribution < -0.4 is 9.80 Å². The van der Waals surface area contributed by atoms with Gasteiger partial charge in [-0.3, -0.25) is 19.7 Å². The van der Waals surface area contributed by atoms with Crippen LogP contribution in [-0.4, -0.2) is 73.4 Å². The van der Waals surface area contributed by atoms with Gasteiger partial charge in [-0.05, 0) is 44.0 Å². The number of nitro benzene ring substituents is 1. The van der Waals surface area contributed by atoms with Crippen molar-refractivity contribution in [1.82, 2.24) is 4.90 Å². The number of Topliss-reactive ketones (excluding diaryl/α,β-unsaturated/α-hetero) is 1. The summed E-state index contributed by atoms with van der Waals surface area (Å²) in [7, 11) is 0. The molecule has 2 aliphatic rings. The first kappa shape index (κ1) is 25.1. The highest BCUT2D eigenvalue weighted by molar-refractivity contribution is 5.98. The molecule has 0 N–H and O–H groups in total. The summed E-state index contributed by atoms with van der Waals surface area (Å²) >= 11 is 0. The molecule has 1 amide bonds. The third-order valence-corrected chi connectivity index (χ3v) is 6.51. The monoisotopic (exact) mass is 498 g/mol. The number of hydrogen-bond donors (Lipinski definition) is 0. The minimum absolute atomic E-state index is 0.0632. The van der Waals surface area contributed by atoms with E-state index in [1.165, 1.54) is 30.0 Å². The second-order valence-corrected chi connectivity index (χ2v) is 8.82. The molecule has 0 radical (unpaired) electrons. The van der Waals surface area contributed by atoms with E-state index in [4.69, 9.17) is 4.74 Å². The molecule has 0 saturated carbocycles. The van der Waals surface area contributed by atoms with Gasteiger partial charge in [-0.15, -0.1) is 0 Å². The van der Waals surface area contributed by atoms with Gasteiger partial charge in [0.05, 0.1) is 21.9 Å². The second kappa shape index (κ2) is 10.7. The highest BCUT2D eigenvalue weighted by atomic mass is 19.1. The normalized spacial score (nSPS) is 15.7. The third kappa shape index (κ3) is 5.45. The largest absolute Gasteiger partial charge is 0.452 e. The first-order chi connectivity index (χ1) is 17.2. The number of carbonyl (C=O) groups excluding carboxylic acids is 3. The van der Waals surface area contributed by atoms with Crippen LogP contribution in [0.5, 0.6) is 0 Å². The lowest BCUT2D eigenvalue weighted by molar-refractivity contribution is -0.384. The lowest BCUT2D eigenvalue weighted by Gasteiger charge is -2.36. The van der Waals surface area contributed by atoms with Crippen LogP contribution in [-0.2, 0) is 9.53 Å². The SMILES string of the molecule is CC(=O)c1ccc(N2CCN(C(=O)COC(=O)c3cc([N+](=O)[O-])ccc3N3CCCC3)CC2)c(F)c1. The first-order valence-electron chi connectivity index (χ1n) is 11.8. The molecular weight excluding hydrogens is 471 g/mol. The molecule has 4 rings (SSSR count). The highest BCUT2D eigenvalue weighted by Crippen LogP contribution is 2.29. The molecule has 0 aliphatic carbocycles. The summed E-state index contributed by atoms with van der Waals surface area (Å²) in [4.78, 5) is 52.9. The lowest BCUT2D eigenvalue weighted by atomic mass is 10.1. The molecule has 0 unspecified atom stereocenters. The molecule has 11 heteroatoms. The van der Waals surface area contributed by atoms with E-state index >= 15 is 0 Å². The van der Waals surface area contributed by atoms with Crippen molar-refractivity contribution >= 4 is 34.7 Å². The molecule has 10 nitrogen and oxygen atoms in total. The van der Waals surface area contributed by atoms with Crippen molar-refractivity contribution in [2.75, 3.05) is 55.7 Å². The van der Waals surface area contributed by atoms with Gasteiger partial charge in [0.1, 0.15) is 5.82 Å². The summed E-state index contributed by atoms with van der Waals surface area (Å²) in [5, 5.41) is 11.2. The molecule has 2 aromatic rings. The maximum atomic E-state index is 14.5. The number of benzene rings is 2. The van der Waals surface area contributed by atoms with Crippen LogP contribution >= 0.6 is 0 Å². The van der Waals surface area contributed by atoms with Gasteiger partial charge in [0.2, 0.25) is 0 Å². The van der Waals surface area contributed by atoms with Crippen molar-refractivity contribution in [2.24, 2.45) is 0 Å². The Labute approximate surface area is 207 Å². The number of hydrogen-bond acceptors (Lipinski definition) is 8. The number of ether oxygens (including phenoxy) is 1. The number of amides is 1. The van der Waals surface area contributed by atoms with Crippen LogP contribution in [0.25, 0.3) is 0 Å². The van der Waals surface area contributed by atoms with Gasteiger partial charge in [0.15, 0.2) is 12.4 Å². The van der Waals surface area contributed by atoms with Crippen LogP contribution in [0.1, 0.15) is 40.5 Å². The van der Waals surface area contributed by atoms with Crippen molar-refractivity contribution in [3.63, 3.8) is 0 Å². The van der Waals surface area contributed by atoms with Gasteiger partial charge < -0.3 is 19.4 Å². The lowest BCUT2D eigenvalue weighted by Crippen LogP contribution is -2.50. The topological polar surface area (TPSA) is 113 Å². The van der Waals surface area contributed by atoms with Crippen molar-refractivity contribution in [2.45, 2.75) is 19.8 Å². The molecule has 0 spiro atoms. The van der Waals surface area contributed by atoms with Crippen molar-refractivity contribution in [1.29, 1.82) is 0 Å². The van der Waals surface area contributed by atoms with Gasteiger partial charge in [0.25, 0.3) is 11.6 Å². The van der Waals surface area contributed by atoms with Crippen LogP contribution in [0.4, 0.5) is 21.5 Å². The number of ketones is 1. The smallest absolute Gasteiger partial charge is 0.341 e. The second-order valence-electron chi connectivity index (χ2n) is 8.82. The minimum Gasteiger partial charge on any atom is -0.452 e. The van der Waals surface area contributed by atoms with Gasteiger partial charge >= 0.3 is 5.97 Å². The zero-order valence-electron chi connectivity index (χ0n) is 19.9. The Morgan fingerprint density at radius 2 is 1.58 bits per heavy atom. The molecule has 0 aromatic heterocycles. The van der Waals surface area contributed by atoms with Crippen molar-refractivity contribution < 1.29 is 28.4 Å². The Hall–Kier alpha value is -4.02. The number of halogens is 1. The predicted molar refractivity (Wildman–Crippen MR) is 130 cm³/mol. The van der Waals surface area contributed by atoms with Gasteiger partial charge in [-0.1, -0.05) is 0 Å². The fourth-order valence-corrected chi connectivity index (χ4v) is 4.51. The standard InChI is InChI=1S/C25H27FN4O6/c1-17(31)18-4-6-23(21(26)14-18)28-10-12-29(13-11-28)24(32)16-36-25(33)20-15-19(30(34)35)5-7-22(20)27-8-2-3-9-27/h4-7,14-15H,2-3,8-13,16H2,1H3. The summed E-state index contributed by atoms with van der Waals surface area (Å²) < 4.78 is 19.7. The number of nitrogens with zero attached hydrogens (tertiary/aromatic N) is 4. The van der Waals surface area contributed by atoms with E-state index in [2.05, 4.69) is 0 Å². The molecule has 2 heterocycles. The van der Waals surface area contributed by atoms with Crippen LogP contribution in [0.15, 0.2) is 36.4 Å². The van der Waals surface area contributed by atoms with Crippen molar-refractivity contribution in [3.8, 4) is 0 Å². The molecule has 2 saturated heterocycles. The molecule has 2 aliphatic heterocycles.